The number of carbonyl (C=O) groups excluding carboxylic acids is 1. The number of hydrogen-bond donors (Lipinski definition) is 1. The van der Waals surface area contributed by atoms with Crippen LogP contribution in [0.1, 0.15) is 35.3 Å². The summed E-state index contributed by atoms with van der Waals surface area (Å²) in [7, 11) is 0.305. The second kappa shape index (κ2) is 8.83. The number of nitrogens with zero attached hydrogens (tertiary/aromatic N) is 2. The SMILES string of the molecule is CCN(C)c1ccc(C(=C2C=CC(=[N+](C)CC)C=C2)c2ccc3c(c2)C(=O)NS3(=O)=O)cc1. The first kappa shape index (κ1) is 22.7. The molecule has 0 atom stereocenters. The molecule has 2 aromatic carbocycles. The zero-order valence-electron chi connectivity index (χ0n) is 19.3. The standard InChI is InChI=1S/C26H27N3O3S/c1-5-28(3)21-12-7-18(8-13-21)25(19-9-14-22(15-10-19)29(4)6-2)20-11-16-24-23(17-20)26(30)27-33(24,31)32/h7-17H,5-6H2,1-4H3/p+1. The molecular formula is C26H28N3O3S+. The lowest BCUT2D eigenvalue weighted by atomic mass is 9.90. The molecule has 1 aliphatic carbocycles. The summed E-state index contributed by atoms with van der Waals surface area (Å²) in [5, 5.41) is 0. The van der Waals surface area contributed by atoms with Gasteiger partial charge in [0.2, 0.25) is 0 Å². The molecule has 0 radical (unpaired) electrons. The van der Waals surface area contributed by atoms with E-state index in [0.29, 0.717) is 0 Å². The molecule has 0 saturated heterocycles. The van der Waals surface area contributed by atoms with Crippen LogP contribution in [0.5, 0.6) is 0 Å². The van der Waals surface area contributed by atoms with Crippen molar-refractivity contribution in [3.05, 3.63) is 89.0 Å². The van der Waals surface area contributed by atoms with Crippen LogP contribution in [0.3, 0.4) is 0 Å². The highest BCUT2D eigenvalue weighted by atomic mass is 32.2. The smallest absolute Gasteiger partial charge is 0.266 e. The largest absolute Gasteiger partial charge is 0.375 e. The van der Waals surface area contributed by atoms with E-state index in [1.54, 1.807) is 12.1 Å². The van der Waals surface area contributed by atoms with Crippen LogP contribution in [0.25, 0.3) is 5.57 Å². The number of amides is 1. The molecule has 4 rings (SSSR count). The molecule has 0 aromatic heterocycles. The van der Waals surface area contributed by atoms with E-state index in [1.165, 1.54) is 6.07 Å². The molecule has 0 fully saturated rings. The van der Waals surface area contributed by atoms with Crippen LogP contribution in [0.4, 0.5) is 5.69 Å². The highest BCUT2D eigenvalue weighted by Gasteiger charge is 2.33. The van der Waals surface area contributed by atoms with Gasteiger partial charge in [-0.25, -0.2) is 17.7 Å². The molecule has 7 heteroatoms. The summed E-state index contributed by atoms with van der Waals surface area (Å²) in [6.45, 7) is 6.00. The quantitative estimate of drug-likeness (QED) is 0.690. The Morgan fingerprint density at radius 3 is 2.21 bits per heavy atom. The van der Waals surface area contributed by atoms with Crippen LogP contribution in [-0.2, 0) is 10.0 Å². The van der Waals surface area contributed by atoms with Crippen molar-refractivity contribution in [3.63, 3.8) is 0 Å². The van der Waals surface area contributed by atoms with Gasteiger partial charge in [0.05, 0.1) is 5.56 Å². The van der Waals surface area contributed by atoms with E-state index in [1.807, 2.05) is 14.1 Å². The third kappa shape index (κ3) is 4.28. The van der Waals surface area contributed by atoms with Gasteiger partial charge in [0.25, 0.3) is 15.9 Å². The lowest BCUT2D eigenvalue weighted by molar-refractivity contribution is -0.491. The van der Waals surface area contributed by atoms with Crippen molar-refractivity contribution in [2.75, 3.05) is 32.1 Å². The second-order valence-corrected chi connectivity index (χ2v) is 9.79. The maximum absolute atomic E-state index is 12.3. The zero-order chi connectivity index (χ0) is 23.8. The molecule has 6 nitrogen and oxygen atoms in total. The molecule has 1 heterocycles. The highest BCUT2D eigenvalue weighted by Crippen LogP contribution is 2.34. The maximum atomic E-state index is 12.3. The van der Waals surface area contributed by atoms with Crippen molar-refractivity contribution in [3.8, 4) is 0 Å². The summed E-state index contributed by atoms with van der Waals surface area (Å²) in [5.74, 6) is -0.592. The van der Waals surface area contributed by atoms with Crippen LogP contribution in [0, 0.1) is 0 Å². The van der Waals surface area contributed by atoms with Gasteiger partial charge in [0.1, 0.15) is 18.5 Å². The molecule has 33 heavy (non-hydrogen) atoms. The first-order valence-electron chi connectivity index (χ1n) is 11.0. The van der Waals surface area contributed by atoms with Gasteiger partial charge in [0.15, 0.2) is 5.71 Å². The molecule has 0 spiro atoms. The molecular weight excluding hydrogens is 434 g/mol. The normalized spacial score (nSPS) is 15.9. The fraction of sp³-hybridized carbons (Fsp3) is 0.231. The number of hydrogen-bond acceptors (Lipinski definition) is 4. The van der Waals surface area contributed by atoms with E-state index < -0.39 is 15.9 Å². The average molecular weight is 463 g/mol. The minimum atomic E-state index is -3.78. The molecule has 0 saturated carbocycles. The Morgan fingerprint density at radius 1 is 0.970 bits per heavy atom. The second-order valence-electron chi connectivity index (χ2n) is 8.14. The minimum absolute atomic E-state index is 0.0236. The van der Waals surface area contributed by atoms with Crippen molar-refractivity contribution < 1.29 is 17.8 Å². The number of allylic oxidation sites excluding steroid dienone is 5. The molecule has 2 aromatic rings. The summed E-state index contributed by atoms with van der Waals surface area (Å²) >= 11 is 0. The fourth-order valence-corrected chi connectivity index (χ4v) is 5.11. The van der Waals surface area contributed by atoms with Gasteiger partial charge in [0, 0.05) is 31.4 Å². The van der Waals surface area contributed by atoms with Crippen molar-refractivity contribution in [2.45, 2.75) is 18.7 Å². The van der Waals surface area contributed by atoms with E-state index in [2.05, 4.69) is 76.6 Å². The van der Waals surface area contributed by atoms with Gasteiger partial charge >= 0.3 is 0 Å². The molecule has 0 unspecified atom stereocenters. The summed E-state index contributed by atoms with van der Waals surface area (Å²) < 4.78 is 28.6. The summed E-state index contributed by atoms with van der Waals surface area (Å²) in [6, 6.07) is 13.2. The third-order valence-corrected chi connectivity index (χ3v) is 7.56. The summed E-state index contributed by atoms with van der Waals surface area (Å²) in [5.41, 5.74) is 6.09. The van der Waals surface area contributed by atoms with Crippen molar-refractivity contribution in [1.82, 2.24) is 4.72 Å². The lowest BCUT2D eigenvalue weighted by Crippen LogP contribution is -2.20. The Labute approximate surface area is 195 Å². The van der Waals surface area contributed by atoms with Gasteiger partial charge in [-0.15, -0.1) is 0 Å². The average Bonchev–Trinajstić information content (AvgIpc) is 3.06. The van der Waals surface area contributed by atoms with Gasteiger partial charge in [-0.05, 0) is 72.5 Å². The van der Waals surface area contributed by atoms with Crippen molar-refractivity contribution >= 4 is 32.9 Å². The molecule has 0 bridgehead atoms. The fourth-order valence-electron chi connectivity index (χ4n) is 3.96. The van der Waals surface area contributed by atoms with Crippen molar-refractivity contribution in [2.24, 2.45) is 0 Å². The third-order valence-electron chi connectivity index (χ3n) is 6.17. The van der Waals surface area contributed by atoms with E-state index in [4.69, 9.17) is 0 Å². The van der Waals surface area contributed by atoms with E-state index in [0.717, 1.165) is 46.8 Å². The number of anilines is 1. The minimum Gasteiger partial charge on any atom is -0.375 e. The van der Waals surface area contributed by atoms with Crippen LogP contribution >= 0.6 is 0 Å². The first-order valence-corrected chi connectivity index (χ1v) is 12.4. The maximum Gasteiger partial charge on any atom is 0.266 e. The Balaban J connectivity index is 1.88. The Bertz CT molecular complexity index is 1330. The molecule has 1 N–H and O–H groups in total. The van der Waals surface area contributed by atoms with Gasteiger partial charge in [-0.3, -0.25) is 4.79 Å². The number of benzene rings is 2. The van der Waals surface area contributed by atoms with Crippen LogP contribution in [0.15, 0.2) is 77.2 Å². The van der Waals surface area contributed by atoms with Gasteiger partial charge in [-0.2, -0.15) is 0 Å². The predicted octanol–water partition coefficient (Wildman–Crippen LogP) is 3.61. The molecule has 1 aliphatic heterocycles. The number of sulfonamides is 1. The van der Waals surface area contributed by atoms with Crippen LogP contribution < -0.4 is 9.62 Å². The van der Waals surface area contributed by atoms with Gasteiger partial charge in [-0.1, -0.05) is 18.2 Å². The highest BCUT2D eigenvalue weighted by molar-refractivity contribution is 7.90. The van der Waals surface area contributed by atoms with Crippen LogP contribution in [-0.4, -0.2) is 51.8 Å². The Hall–Kier alpha value is -3.45. The number of fused-ring (bicyclic) bond motifs is 1. The topological polar surface area (TPSA) is 69.5 Å². The van der Waals surface area contributed by atoms with E-state index >= 15 is 0 Å². The monoisotopic (exact) mass is 462 g/mol. The van der Waals surface area contributed by atoms with E-state index in [-0.39, 0.29) is 10.5 Å². The zero-order valence-corrected chi connectivity index (χ0v) is 20.1. The predicted molar refractivity (Wildman–Crippen MR) is 133 cm³/mol. The lowest BCUT2D eigenvalue weighted by Gasteiger charge is -2.19. The Kier molecular flexibility index (Phi) is 6.08. The first-order chi connectivity index (χ1) is 15.7. The Morgan fingerprint density at radius 2 is 1.61 bits per heavy atom. The number of rotatable bonds is 5. The van der Waals surface area contributed by atoms with Crippen LogP contribution in [0.2, 0.25) is 0 Å². The van der Waals surface area contributed by atoms with Gasteiger partial charge < -0.3 is 4.90 Å². The summed E-state index contributed by atoms with van der Waals surface area (Å²) in [4.78, 5) is 14.5. The molecule has 170 valence electrons. The number of carbonyl (C=O) groups is 1. The molecule has 1 amide bonds. The van der Waals surface area contributed by atoms with E-state index in [9.17, 15) is 13.2 Å². The number of nitrogens with one attached hydrogen (secondary N) is 1. The van der Waals surface area contributed by atoms with Crippen molar-refractivity contribution in [1.29, 1.82) is 0 Å². The molecule has 2 aliphatic rings. The summed E-state index contributed by atoms with van der Waals surface area (Å²) in [6.07, 6.45) is 8.27.